The summed E-state index contributed by atoms with van der Waals surface area (Å²) in [7, 11) is -1.16. The standard InChI is InChI=1S/C16H21NO3S/c1-17(9-10-21(2,19)20)12-16(18)15-8-7-13-5-3-4-6-14(13)11-15/h3-8,11,16,18H,9-10,12H2,1-2H3. The Hall–Kier alpha value is -1.43. The quantitative estimate of drug-likeness (QED) is 0.885. The van der Waals surface area contributed by atoms with Gasteiger partial charge in [0.15, 0.2) is 0 Å². The molecule has 0 bridgehead atoms. The molecule has 1 unspecified atom stereocenters. The number of fused-ring (bicyclic) bond motifs is 1. The average molecular weight is 307 g/mol. The van der Waals surface area contributed by atoms with Crippen molar-refractivity contribution in [1.82, 2.24) is 4.90 Å². The van der Waals surface area contributed by atoms with Crippen LogP contribution >= 0.6 is 0 Å². The van der Waals surface area contributed by atoms with E-state index in [2.05, 4.69) is 0 Å². The Balaban J connectivity index is 2.02. The van der Waals surface area contributed by atoms with Crippen molar-refractivity contribution >= 4 is 20.6 Å². The van der Waals surface area contributed by atoms with E-state index in [9.17, 15) is 13.5 Å². The Morgan fingerprint density at radius 1 is 1.14 bits per heavy atom. The summed E-state index contributed by atoms with van der Waals surface area (Å²) < 4.78 is 22.3. The Morgan fingerprint density at radius 2 is 1.81 bits per heavy atom. The third-order valence-electron chi connectivity index (χ3n) is 3.49. The van der Waals surface area contributed by atoms with Crippen molar-refractivity contribution in [3.8, 4) is 0 Å². The smallest absolute Gasteiger partial charge is 0.148 e. The van der Waals surface area contributed by atoms with Crippen LogP contribution in [0.15, 0.2) is 42.5 Å². The van der Waals surface area contributed by atoms with E-state index in [1.54, 1.807) is 0 Å². The molecule has 0 aliphatic heterocycles. The van der Waals surface area contributed by atoms with E-state index in [1.165, 1.54) is 6.26 Å². The molecule has 0 saturated carbocycles. The molecule has 5 heteroatoms. The molecule has 0 saturated heterocycles. The fraction of sp³-hybridized carbons (Fsp3) is 0.375. The fourth-order valence-corrected chi connectivity index (χ4v) is 2.87. The number of nitrogens with zero attached hydrogens (tertiary/aromatic N) is 1. The van der Waals surface area contributed by atoms with Gasteiger partial charge in [0, 0.05) is 19.3 Å². The lowest BCUT2D eigenvalue weighted by atomic mass is 10.0. The van der Waals surface area contributed by atoms with E-state index in [0.717, 1.165) is 16.3 Å². The average Bonchev–Trinajstić information content (AvgIpc) is 2.44. The number of sulfone groups is 1. The normalized spacial score (nSPS) is 13.7. The van der Waals surface area contributed by atoms with Crippen LogP contribution in [0.25, 0.3) is 10.8 Å². The molecular formula is C16H21NO3S. The first-order valence-corrected chi connectivity index (χ1v) is 8.94. The maximum Gasteiger partial charge on any atom is 0.148 e. The lowest BCUT2D eigenvalue weighted by Gasteiger charge is -2.20. The van der Waals surface area contributed by atoms with Gasteiger partial charge in [-0.05, 0) is 29.4 Å². The van der Waals surface area contributed by atoms with Gasteiger partial charge in [0.25, 0.3) is 0 Å². The highest BCUT2D eigenvalue weighted by Crippen LogP contribution is 2.20. The van der Waals surface area contributed by atoms with Gasteiger partial charge >= 0.3 is 0 Å². The summed E-state index contributed by atoms with van der Waals surface area (Å²) in [6, 6.07) is 13.9. The molecule has 2 rings (SSSR count). The highest BCUT2D eigenvalue weighted by molar-refractivity contribution is 7.90. The molecule has 0 radical (unpaired) electrons. The van der Waals surface area contributed by atoms with E-state index < -0.39 is 15.9 Å². The van der Waals surface area contributed by atoms with Gasteiger partial charge in [0.05, 0.1) is 11.9 Å². The van der Waals surface area contributed by atoms with E-state index in [1.807, 2.05) is 54.4 Å². The number of benzene rings is 2. The topological polar surface area (TPSA) is 57.6 Å². The number of rotatable bonds is 6. The molecule has 0 heterocycles. The molecule has 0 aliphatic rings. The molecule has 2 aromatic rings. The molecule has 4 nitrogen and oxygen atoms in total. The minimum atomic E-state index is -2.97. The third kappa shape index (κ3) is 4.81. The summed E-state index contributed by atoms with van der Waals surface area (Å²) in [4.78, 5) is 1.83. The first-order valence-electron chi connectivity index (χ1n) is 6.88. The van der Waals surface area contributed by atoms with E-state index >= 15 is 0 Å². The largest absolute Gasteiger partial charge is 0.387 e. The zero-order chi connectivity index (χ0) is 15.5. The lowest BCUT2D eigenvalue weighted by Crippen LogP contribution is -2.29. The van der Waals surface area contributed by atoms with Crippen molar-refractivity contribution in [2.45, 2.75) is 6.10 Å². The zero-order valence-electron chi connectivity index (χ0n) is 12.4. The first kappa shape index (κ1) is 15.9. The monoisotopic (exact) mass is 307 g/mol. The van der Waals surface area contributed by atoms with Crippen molar-refractivity contribution in [2.75, 3.05) is 32.1 Å². The molecule has 1 N–H and O–H groups in total. The van der Waals surface area contributed by atoms with Crippen LogP contribution < -0.4 is 0 Å². The predicted octanol–water partition coefficient (Wildman–Crippen LogP) is 1.85. The Labute approximate surface area is 125 Å². The number of likely N-dealkylation sites (N-methyl/N-ethyl adjacent to an activating group) is 1. The van der Waals surface area contributed by atoms with Gasteiger partial charge in [0.1, 0.15) is 9.84 Å². The van der Waals surface area contributed by atoms with Gasteiger partial charge in [-0.3, -0.25) is 0 Å². The van der Waals surface area contributed by atoms with Crippen LogP contribution in [0.5, 0.6) is 0 Å². The zero-order valence-corrected chi connectivity index (χ0v) is 13.2. The minimum Gasteiger partial charge on any atom is -0.387 e. The number of aliphatic hydroxyl groups is 1. The van der Waals surface area contributed by atoms with Gasteiger partial charge < -0.3 is 10.0 Å². The van der Waals surface area contributed by atoms with Crippen molar-refractivity contribution in [3.63, 3.8) is 0 Å². The van der Waals surface area contributed by atoms with E-state index in [4.69, 9.17) is 0 Å². The van der Waals surface area contributed by atoms with Crippen LogP contribution in [0.1, 0.15) is 11.7 Å². The predicted molar refractivity (Wildman–Crippen MR) is 86.1 cm³/mol. The summed E-state index contributed by atoms with van der Waals surface area (Å²) in [6.07, 6.45) is 0.597. The van der Waals surface area contributed by atoms with Crippen molar-refractivity contribution < 1.29 is 13.5 Å². The molecule has 21 heavy (non-hydrogen) atoms. The molecule has 0 fully saturated rings. The molecule has 0 aliphatic carbocycles. The second kappa shape index (κ2) is 6.56. The Bertz CT molecular complexity index is 712. The summed E-state index contributed by atoms with van der Waals surface area (Å²) in [5, 5.41) is 12.5. The van der Waals surface area contributed by atoms with E-state index in [-0.39, 0.29) is 5.75 Å². The maximum absolute atomic E-state index is 11.1. The molecule has 114 valence electrons. The molecule has 2 aromatic carbocycles. The van der Waals surface area contributed by atoms with E-state index in [0.29, 0.717) is 13.1 Å². The number of aliphatic hydroxyl groups excluding tert-OH is 1. The molecule has 0 spiro atoms. The Kier molecular flexibility index (Phi) is 4.98. The van der Waals surface area contributed by atoms with Crippen molar-refractivity contribution in [2.24, 2.45) is 0 Å². The first-order chi connectivity index (χ1) is 9.85. The summed E-state index contributed by atoms with van der Waals surface area (Å²) in [6.45, 7) is 0.831. The third-order valence-corrected chi connectivity index (χ3v) is 4.41. The SMILES string of the molecule is CN(CCS(C)(=O)=O)CC(O)c1ccc2ccccc2c1. The summed E-state index contributed by atoms with van der Waals surface area (Å²) in [5.41, 5.74) is 0.847. The van der Waals surface area contributed by atoms with Crippen LogP contribution in [-0.2, 0) is 9.84 Å². The van der Waals surface area contributed by atoms with Crippen molar-refractivity contribution in [3.05, 3.63) is 48.0 Å². The minimum absolute atomic E-state index is 0.105. The molecule has 0 aromatic heterocycles. The van der Waals surface area contributed by atoms with Gasteiger partial charge in [0.2, 0.25) is 0 Å². The second-order valence-electron chi connectivity index (χ2n) is 5.51. The van der Waals surface area contributed by atoms with Gasteiger partial charge in [-0.2, -0.15) is 0 Å². The van der Waals surface area contributed by atoms with Crippen molar-refractivity contribution in [1.29, 1.82) is 0 Å². The summed E-state index contributed by atoms with van der Waals surface area (Å²) >= 11 is 0. The maximum atomic E-state index is 11.1. The van der Waals surface area contributed by atoms with Gasteiger partial charge in [-0.15, -0.1) is 0 Å². The van der Waals surface area contributed by atoms with Crippen LogP contribution in [0, 0.1) is 0 Å². The Morgan fingerprint density at radius 3 is 2.48 bits per heavy atom. The summed E-state index contributed by atoms with van der Waals surface area (Å²) in [5.74, 6) is 0.105. The molecule has 1 atom stereocenters. The van der Waals surface area contributed by atoms with Crippen LogP contribution in [-0.4, -0.2) is 50.6 Å². The van der Waals surface area contributed by atoms with Crippen LogP contribution in [0.2, 0.25) is 0 Å². The molecular weight excluding hydrogens is 286 g/mol. The van der Waals surface area contributed by atoms with Gasteiger partial charge in [-0.1, -0.05) is 36.4 Å². The fourth-order valence-electron chi connectivity index (χ4n) is 2.23. The second-order valence-corrected chi connectivity index (χ2v) is 7.77. The number of hydrogen-bond acceptors (Lipinski definition) is 4. The number of hydrogen-bond donors (Lipinski definition) is 1. The van der Waals surface area contributed by atoms with Crippen LogP contribution in [0.3, 0.4) is 0 Å². The highest BCUT2D eigenvalue weighted by atomic mass is 32.2. The highest BCUT2D eigenvalue weighted by Gasteiger charge is 2.12. The molecule has 0 amide bonds. The van der Waals surface area contributed by atoms with Crippen LogP contribution in [0.4, 0.5) is 0 Å². The van der Waals surface area contributed by atoms with Gasteiger partial charge in [-0.25, -0.2) is 8.42 Å². The lowest BCUT2D eigenvalue weighted by molar-refractivity contribution is 0.130.